The van der Waals surface area contributed by atoms with E-state index in [1.165, 1.54) is 0 Å². The Morgan fingerprint density at radius 2 is 1.74 bits per heavy atom. The second-order valence-corrected chi connectivity index (χ2v) is 7.32. The summed E-state index contributed by atoms with van der Waals surface area (Å²) in [6.07, 6.45) is 0. The van der Waals surface area contributed by atoms with Crippen LogP contribution in [0.15, 0.2) is 36.4 Å². The standard InChI is InChI=1S/C19H16Cl2N2O4/c1-19(11-5-6-15-16(9-11)27-8-7-26-15)17(24)23(18(25)22-19)10-12-13(20)3-2-4-14(12)21/h2-6,9H,7-8,10H2,1H3,(H,22,25)/t19-/m1/s1. The molecule has 27 heavy (non-hydrogen) atoms. The van der Waals surface area contributed by atoms with Crippen molar-refractivity contribution in [2.24, 2.45) is 0 Å². The van der Waals surface area contributed by atoms with Crippen LogP contribution < -0.4 is 14.8 Å². The van der Waals surface area contributed by atoms with Crippen molar-refractivity contribution in [2.75, 3.05) is 13.2 Å². The highest BCUT2D eigenvalue weighted by atomic mass is 35.5. The van der Waals surface area contributed by atoms with Crippen LogP contribution in [0.5, 0.6) is 11.5 Å². The number of benzene rings is 2. The number of carbonyl (C=O) groups is 2. The van der Waals surface area contributed by atoms with Gasteiger partial charge in [-0.15, -0.1) is 0 Å². The second kappa shape index (κ2) is 6.62. The molecule has 0 unspecified atom stereocenters. The van der Waals surface area contributed by atoms with Crippen molar-refractivity contribution in [3.63, 3.8) is 0 Å². The summed E-state index contributed by atoms with van der Waals surface area (Å²) in [5.74, 6) is 0.778. The first-order valence-electron chi connectivity index (χ1n) is 8.37. The maximum atomic E-state index is 13.1. The zero-order valence-electron chi connectivity index (χ0n) is 14.4. The van der Waals surface area contributed by atoms with Crippen molar-refractivity contribution in [3.05, 3.63) is 57.6 Å². The second-order valence-electron chi connectivity index (χ2n) is 6.51. The monoisotopic (exact) mass is 406 g/mol. The molecule has 2 heterocycles. The molecular formula is C19H16Cl2N2O4. The van der Waals surface area contributed by atoms with E-state index in [-0.39, 0.29) is 12.5 Å². The molecule has 4 rings (SSSR count). The molecule has 1 fully saturated rings. The number of nitrogens with zero attached hydrogens (tertiary/aromatic N) is 1. The Bertz CT molecular complexity index is 929. The number of rotatable bonds is 3. The molecule has 2 aromatic carbocycles. The summed E-state index contributed by atoms with van der Waals surface area (Å²) in [5, 5.41) is 3.57. The molecule has 2 aliphatic rings. The van der Waals surface area contributed by atoms with Crippen LogP contribution >= 0.6 is 23.2 Å². The minimum absolute atomic E-state index is 0.0106. The van der Waals surface area contributed by atoms with E-state index < -0.39 is 11.6 Å². The van der Waals surface area contributed by atoms with E-state index in [0.717, 1.165) is 4.90 Å². The lowest BCUT2D eigenvalue weighted by Gasteiger charge is -2.25. The van der Waals surface area contributed by atoms with Gasteiger partial charge in [0, 0.05) is 15.6 Å². The normalized spacial score (nSPS) is 21.4. The van der Waals surface area contributed by atoms with Gasteiger partial charge < -0.3 is 14.8 Å². The van der Waals surface area contributed by atoms with Crippen LogP contribution in [0.1, 0.15) is 18.1 Å². The highest BCUT2D eigenvalue weighted by molar-refractivity contribution is 6.36. The van der Waals surface area contributed by atoms with E-state index in [1.807, 2.05) is 0 Å². The maximum Gasteiger partial charge on any atom is 0.325 e. The summed E-state index contributed by atoms with van der Waals surface area (Å²) >= 11 is 12.4. The first-order valence-corrected chi connectivity index (χ1v) is 9.13. The SMILES string of the molecule is C[C@]1(c2ccc3c(c2)OCCO3)NC(=O)N(Cc2c(Cl)cccc2Cl)C1=O. The molecule has 1 N–H and O–H groups in total. The number of hydrogen-bond acceptors (Lipinski definition) is 4. The van der Waals surface area contributed by atoms with Crippen molar-refractivity contribution in [2.45, 2.75) is 19.0 Å². The minimum Gasteiger partial charge on any atom is -0.486 e. The molecule has 2 aromatic rings. The fourth-order valence-electron chi connectivity index (χ4n) is 3.23. The molecule has 2 aliphatic heterocycles. The van der Waals surface area contributed by atoms with Crippen molar-refractivity contribution >= 4 is 35.1 Å². The molecule has 0 radical (unpaired) electrons. The number of nitrogens with one attached hydrogen (secondary N) is 1. The molecule has 1 atom stereocenters. The van der Waals surface area contributed by atoms with Gasteiger partial charge in [-0.2, -0.15) is 0 Å². The number of hydrogen-bond donors (Lipinski definition) is 1. The molecule has 0 aliphatic carbocycles. The van der Waals surface area contributed by atoms with Gasteiger partial charge in [-0.25, -0.2) is 4.79 Å². The van der Waals surface area contributed by atoms with Gasteiger partial charge in [0.15, 0.2) is 11.5 Å². The average molecular weight is 407 g/mol. The van der Waals surface area contributed by atoms with Gasteiger partial charge in [0.2, 0.25) is 0 Å². The summed E-state index contributed by atoms with van der Waals surface area (Å²) in [6, 6.07) is 9.74. The predicted octanol–water partition coefficient (Wildman–Crippen LogP) is 3.73. The first-order chi connectivity index (χ1) is 12.9. The Kier molecular flexibility index (Phi) is 4.40. The van der Waals surface area contributed by atoms with Gasteiger partial charge in [0.05, 0.1) is 6.54 Å². The fraction of sp³-hybridized carbons (Fsp3) is 0.263. The van der Waals surface area contributed by atoms with Gasteiger partial charge in [-0.3, -0.25) is 9.69 Å². The number of halogens is 2. The Balaban J connectivity index is 1.66. The third-order valence-corrected chi connectivity index (χ3v) is 5.48. The van der Waals surface area contributed by atoms with Gasteiger partial charge in [0.1, 0.15) is 18.8 Å². The predicted molar refractivity (Wildman–Crippen MR) is 100 cm³/mol. The van der Waals surface area contributed by atoms with Crippen molar-refractivity contribution in [3.8, 4) is 11.5 Å². The number of imide groups is 1. The van der Waals surface area contributed by atoms with Gasteiger partial charge >= 0.3 is 6.03 Å². The molecular weight excluding hydrogens is 391 g/mol. The summed E-state index contributed by atoms with van der Waals surface area (Å²) < 4.78 is 11.1. The van der Waals surface area contributed by atoms with Crippen LogP contribution in [-0.4, -0.2) is 30.1 Å². The van der Waals surface area contributed by atoms with E-state index in [1.54, 1.807) is 43.3 Å². The molecule has 1 saturated heterocycles. The zero-order chi connectivity index (χ0) is 19.2. The average Bonchev–Trinajstić information content (AvgIpc) is 2.88. The van der Waals surface area contributed by atoms with Crippen LogP contribution in [0.2, 0.25) is 10.0 Å². The van der Waals surface area contributed by atoms with Crippen LogP contribution in [0.3, 0.4) is 0 Å². The summed E-state index contributed by atoms with van der Waals surface area (Å²) in [4.78, 5) is 26.8. The highest BCUT2D eigenvalue weighted by Crippen LogP contribution is 2.37. The number of carbonyl (C=O) groups excluding carboxylic acids is 2. The third-order valence-electron chi connectivity index (χ3n) is 4.77. The molecule has 0 spiro atoms. The molecule has 0 bridgehead atoms. The molecule has 0 aromatic heterocycles. The zero-order valence-corrected chi connectivity index (χ0v) is 15.9. The third kappa shape index (κ3) is 2.99. The van der Waals surface area contributed by atoms with E-state index in [2.05, 4.69) is 5.32 Å². The van der Waals surface area contributed by atoms with Crippen LogP contribution in [0.25, 0.3) is 0 Å². The Morgan fingerprint density at radius 3 is 2.44 bits per heavy atom. The van der Waals surface area contributed by atoms with E-state index in [9.17, 15) is 9.59 Å². The number of ether oxygens (including phenoxy) is 2. The largest absolute Gasteiger partial charge is 0.486 e. The smallest absolute Gasteiger partial charge is 0.325 e. The number of amides is 3. The maximum absolute atomic E-state index is 13.1. The Morgan fingerprint density at radius 1 is 1.07 bits per heavy atom. The highest BCUT2D eigenvalue weighted by Gasteiger charge is 2.49. The van der Waals surface area contributed by atoms with Gasteiger partial charge in [-0.05, 0) is 36.8 Å². The van der Waals surface area contributed by atoms with Crippen LogP contribution in [0.4, 0.5) is 4.79 Å². The van der Waals surface area contributed by atoms with Crippen molar-refractivity contribution in [1.29, 1.82) is 0 Å². The van der Waals surface area contributed by atoms with Gasteiger partial charge in [0.25, 0.3) is 5.91 Å². The van der Waals surface area contributed by atoms with E-state index in [0.29, 0.717) is 45.9 Å². The summed E-state index contributed by atoms with van der Waals surface area (Å²) in [6.45, 7) is 2.56. The van der Waals surface area contributed by atoms with Crippen LogP contribution in [0, 0.1) is 0 Å². The minimum atomic E-state index is -1.22. The molecule has 6 nitrogen and oxygen atoms in total. The Labute approximate surface area is 165 Å². The molecule has 3 amide bonds. The molecule has 8 heteroatoms. The first kappa shape index (κ1) is 17.9. The van der Waals surface area contributed by atoms with E-state index >= 15 is 0 Å². The van der Waals surface area contributed by atoms with Gasteiger partial charge in [-0.1, -0.05) is 35.3 Å². The Hall–Kier alpha value is -2.44. The fourth-order valence-corrected chi connectivity index (χ4v) is 3.75. The molecule has 0 saturated carbocycles. The topological polar surface area (TPSA) is 67.9 Å². The van der Waals surface area contributed by atoms with Crippen molar-refractivity contribution < 1.29 is 19.1 Å². The number of fused-ring (bicyclic) bond motifs is 1. The van der Waals surface area contributed by atoms with Crippen LogP contribution in [-0.2, 0) is 16.9 Å². The summed E-state index contributed by atoms with van der Waals surface area (Å²) in [5.41, 5.74) is -0.0886. The van der Waals surface area contributed by atoms with E-state index in [4.69, 9.17) is 32.7 Å². The molecule has 140 valence electrons. The number of urea groups is 1. The lowest BCUT2D eigenvalue weighted by Crippen LogP contribution is -2.41. The van der Waals surface area contributed by atoms with Crippen molar-refractivity contribution in [1.82, 2.24) is 10.2 Å². The quantitative estimate of drug-likeness (QED) is 0.788. The lowest BCUT2D eigenvalue weighted by atomic mass is 9.91. The lowest BCUT2D eigenvalue weighted by molar-refractivity contribution is -0.131. The summed E-state index contributed by atoms with van der Waals surface area (Å²) in [7, 11) is 0.